The number of sulfonamides is 1. The van der Waals surface area contributed by atoms with Gasteiger partial charge in [-0.25, -0.2) is 17.5 Å². The zero-order valence-corrected chi connectivity index (χ0v) is 12.2. The van der Waals surface area contributed by atoms with Crippen molar-refractivity contribution in [3.8, 4) is 0 Å². The van der Waals surface area contributed by atoms with Crippen LogP contribution in [0.25, 0.3) is 0 Å². The van der Waals surface area contributed by atoms with Crippen LogP contribution in [-0.4, -0.2) is 40.0 Å². The van der Waals surface area contributed by atoms with Crippen LogP contribution in [0.4, 0.5) is 4.39 Å². The molecule has 3 N–H and O–H groups in total. The SMILES string of the molecule is CC(CN(C)C)NS(=O)(=O)c1cc(F)ccc1CN. The van der Waals surface area contributed by atoms with Crippen LogP contribution in [0.2, 0.25) is 0 Å². The van der Waals surface area contributed by atoms with Crippen molar-refractivity contribution in [2.45, 2.75) is 24.4 Å². The molecule has 1 aromatic carbocycles. The van der Waals surface area contributed by atoms with Crippen LogP contribution in [0.15, 0.2) is 23.1 Å². The maximum absolute atomic E-state index is 13.2. The first-order valence-electron chi connectivity index (χ1n) is 5.92. The van der Waals surface area contributed by atoms with E-state index in [0.717, 1.165) is 6.07 Å². The van der Waals surface area contributed by atoms with Gasteiger partial charge in [-0.3, -0.25) is 0 Å². The molecular weight excluding hydrogens is 269 g/mol. The second-order valence-corrected chi connectivity index (χ2v) is 6.42. The normalized spacial score (nSPS) is 13.8. The highest BCUT2D eigenvalue weighted by Gasteiger charge is 2.21. The number of nitrogens with one attached hydrogen (secondary N) is 1. The third-order valence-corrected chi connectivity index (χ3v) is 4.21. The average molecular weight is 289 g/mol. The monoisotopic (exact) mass is 289 g/mol. The van der Waals surface area contributed by atoms with Crippen LogP contribution in [0.3, 0.4) is 0 Å². The van der Waals surface area contributed by atoms with Crippen molar-refractivity contribution in [3.63, 3.8) is 0 Å². The van der Waals surface area contributed by atoms with Crippen LogP contribution in [-0.2, 0) is 16.6 Å². The highest BCUT2D eigenvalue weighted by molar-refractivity contribution is 7.89. The molecule has 0 saturated carbocycles. The summed E-state index contributed by atoms with van der Waals surface area (Å²) >= 11 is 0. The molecule has 0 heterocycles. The van der Waals surface area contributed by atoms with Gasteiger partial charge in [-0.2, -0.15) is 0 Å². The Morgan fingerprint density at radius 2 is 2.05 bits per heavy atom. The predicted octanol–water partition coefficient (Wildman–Crippen LogP) is 0.513. The zero-order valence-electron chi connectivity index (χ0n) is 11.4. The van der Waals surface area contributed by atoms with E-state index in [4.69, 9.17) is 5.73 Å². The van der Waals surface area contributed by atoms with E-state index < -0.39 is 15.8 Å². The molecule has 0 aromatic heterocycles. The molecule has 0 amide bonds. The summed E-state index contributed by atoms with van der Waals surface area (Å²) in [6.45, 7) is 2.34. The molecule has 0 aliphatic carbocycles. The maximum Gasteiger partial charge on any atom is 0.241 e. The predicted molar refractivity (Wildman–Crippen MR) is 72.6 cm³/mol. The molecule has 19 heavy (non-hydrogen) atoms. The number of hydrogen-bond acceptors (Lipinski definition) is 4. The molecule has 0 saturated heterocycles. The van der Waals surface area contributed by atoms with Gasteiger partial charge in [0.15, 0.2) is 0 Å². The van der Waals surface area contributed by atoms with Crippen LogP contribution >= 0.6 is 0 Å². The molecule has 1 unspecified atom stereocenters. The lowest BCUT2D eigenvalue weighted by Crippen LogP contribution is -2.39. The highest BCUT2D eigenvalue weighted by Crippen LogP contribution is 2.17. The van der Waals surface area contributed by atoms with E-state index in [1.54, 1.807) is 6.92 Å². The van der Waals surface area contributed by atoms with Crippen molar-refractivity contribution < 1.29 is 12.8 Å². The Morgan fingerprint density at radius 3 is 2.58 bits per heavy atom. The van der Waals surface area contributed by atoms with Crippen LogP contribution in [0, 0.1) is 5.82 Å². The van der Waals surface area contributed by atoms with E-state index in [1.807, 2.05) is 19.0 Å². The molecule has 5 nitrogen and oxygen atoms in total. The van der Waals surface area contributed by atoms with E-state index >= 15 is 0 Å². The van der Waals surface area contributed by atoms with E-state index in [-0.39, 0.29) is 17.5 Å². The summed E-state index contributed by atoms with van der Waals surface area (Å²) in [7, 11) is -0.0760. The summed E-state index contributed by atoms with van der Waals surface area (Å²) in [6.07, 6.45) is 0. The first kappa shape index (κ1) is 16.0. The fourth-order valence-electron chi connectivity index (χ4n) is 1.86. The number of nitrogens with zero attached hydrogens (tertiary/aromatic N) is 1. The van der Waals surface area contributed by atoms with Gasteiger partial charge >= 0.3 is 0 Å². The number of rotatable bonds is 6. The molecule has 0 radical (unpaired) electrons. The zero-order chi connectivity index (χ0) is 14.6. The quantitative estimate of drug-likeness (QED) is 0.800. The largest absolute Gasteiger partial charge is 0.326 e. The molecule has 1 aromatic rings. The fourth-order valence-corrected chi connectivity index (χ4v) is 3.36. The summed E-state index contributed by atoms with van der Waals surface area (Å²) in [4.78, 5) is 1.77. The standard InChI is InChI=1S/C12H20FN3O2S/c1-9(8-16(2)3)15-19(17,18)12-6-11(13)5-4-10(12)7-14/h4-6,9,15H,7-8,14H2,1-3H3. The van der Waals surface area contributed by atoms with E-state index in [9.17, 15) is 12.8 Å². The minimum atomic E-state index is -3.77. The molecule has 1 rings (SSSR count). The minimum absolute atomic E-state index is 0.0403. The Balaban J connectivity index is 3.03. The Kier molecular flexibility index (Phi) is 5.42. The van der Waals surface area contributed by atoms with Crippen LogP contribution in [0.5, 0.6) is 0 Å². The summed E-state index contributed by atoms with van der Waals surface area (Å²) in [5.74, 6) is -0.599. The van der Waals surface area contributed by atoms with Crippen LogP contribution < -0.4 is 10.5 Å². The Hall–Kier alpha value is -1.02. The second-order valence-electron chi connectivity index (χ2n) is 4.74. The number of benzene rings is 1. The minimum Gasteiger partial charge on any atom is -0.326 e. The first-order chi connectivity index (χ1) is 8.76. The highest BCUT2D eigenvalue weighted by atomic mass is 32.2. The summed E-state index contributed by atoms with van der Waals surface area (Å²) < 4.78 is 40.1. The average Bonchev–Trinajstić information content (AvgIpc) is 2.26. The van der Waals surface area contributed by atoms with Crippen LogP contribution in [0.1, 0.15) is 12.5 Å². The van der Waals surface area contributed by atoms with Crippen molar-refractivity contribution >= 4 is 10.0 Å². The molecule has 0 spiro atoms. The van der Waals surface area contributed by atoms with Crippen molar-refractivity contribution in [1.29, 1.82) is 0 Å². The van der Waals surface area contributed by atoms with Crippen molar-refractivity contribution in [2.24, 2.45) is 5.73 Å². The Bertz CT molecular complexity index is 532. The van der Waals surface area contributed by atoms with Gasteiger partial charge in [0.2, 0.25) is 10.0 Å². The van der Waals surface area contributed by atoms with E-state index in [0.29, 0.717) is 12.1 Å². The topological polar surface area (TPSA) is 75.4 Å². The van der Waals surface area contributed by atoms with Crippen molar-refractivity contribution in [1.82, 2.24) is 9.62 Å². The molecular formula is C12H20FN3O2S. The lowest BCUT2D eigenvalue weighted by atomic mass is 10.2. The molecule has 1 atom stereocenters. The van der Waals surface area contributed by atoms with E-state index in [2.05, 4.69) is 4.72 Å². The number of hydrogen-bond donors (Lipinski definition) is 2. The van der Waals surface area contributed by atoms with Gasteiger partial charge in [0.25, 0.3) is 0 Å². The molecule has 0 fully saturated rings. The van der Waals surface area contributed by atoms with Crippen molar-refractivity contribution in [3.05, 3.63) is 29.6 Å². The molecule has 7 heteroatoms. The van der Waals surface area contributed by atoms with Gasteiger partial charge in [-0.15, -0.1) is 0 Å². The molecule has 0 bridgehead atoms. The van der Waals surface area contributed by atoms with Gasteiger partial charge < -0.3 is 10.6 Å². The maximum atomic E-state index is 13.2. The Morgan fingerprint density at radius 1 is 1.42 bits per heavy atom. The Labute approximate surface area is 113 Å². The first-order valence-corrected chi connectivity index (χ1v) is 7.40. The van der Waals surface area contributed by atoms with Gasteiger partial charge in [0.05, 0.1) is 4.90 Å². The fraction of sp³-hybridized carbons (Fsp3) is 0.500. The second kappa shape index (κ2) is 6.42. The molecule has 0 aliphatic rings. The van der Waals surface area contributed by atoms with Gasteiger partial charge in [0.1, 0.15) is 5.82 Å². The number of halogens is 1. The summed E-state index contributed by atoms with van der Waals surface area (Å²) in [5.41, 5.74) is 5.88. The lowest BCUT2D eigenvalue weighted by Gasteiger charge is -2.19. The smallest absolute Gasteiger partial charge is 0.241 e. The third kappa shape index (κ3) is 4.54. The van der Waals surface area contributed by atoms with E-state index in [1.165, 1.54) is 12.1 Å². The summed E-state index contributed by atoms with van der Waals surface area (Å²) in [5, 5.41) is 0. The lowest BCUT2D eigenvalue weighted by molar-refractivity contribution is 0.370. The summed E-state index contributed by atoms with van der Waals surface area (Å²) in [6, 6.07) is 3.30. The molecule has 0 aliphatic heterocycles. The van der Waals surface area contributed by atoms with Gasteiger partial charge in [-0.05, 0) is 38.7 Å². The molecule has 108 valence electrons. The number of nitrogens with two attached hydrogens (primary N) is 1. The third-order valence-electron chi connectivity index (χ3n) is 2.53. The van der Waals surface area contributed by atoms with Gasteiger partial charge in [-0.1, -0.05) is 6.07 Å². The van der Waals surface area contributed by atoms with Gasteiger partial charge in [0, 0.05) is 19.1 Å². The van der Waals surface area contributed by atoms with Crippen molar-refractivity contribution in [2.75, 3.05) is 20.6 Å². The number of likely N-dealkylation sites (N-methyl/N-ethyl adjacent to an activating group) is 1.